The Balaban J connectivity index is 1.49. The fourth-order valence-electron chi connectivity index (χ4n) is 3.38. The Hall–Kier alpha value is -2.22. The van der Waals surface area contributed by atoms with Gasteiger partial charge in [0, 0.05) is 50.1 Å². The monoisotopic (exact) mass is 372 g/mol. The number of hydrogen-bond donors (Lipinski definition) is 1. The lowest BCUT2D eigenvalue weighted by atomic mass is 10.3. The molecular weight excluding hydrogens is 352 g/mol. The van der Waals surface area contributed by atoms with Crippen LogP contribution in [-0.2, 0) is 13.1 Å². The first-order chi connectivity index (χ1) is 12.7. The van der Waals surface area contributed by atoms with Gasteiger partial charge in [-0.15, -0.1) is 0 Å². The van der Waals surface area contributed by atoms with Crippen molar-refractivity contribution in [1.29, 1.82) is 0 Å². The number of benzene rings is 1. The van der Waals surface area contributed by atoms with Crippen LogP contribution in [0.3, 0.4) is 0 Å². The van der Waals surface area contributed by atoms with E-state index >= 15 is 0 Å². The smallest absolute Gasteiger partial charge is 0.225 e. The molecule has 0 spiro atoms. The van der Waals surface area contributed by atoms with Gasteiger partial charge in [-0.25, -0.2) is 15.0 Å². The highest BCUT2D eigenvalue weighted by molar-refractivity contribution is 6.31. The summed E-state index contributed by atoms with van der Waals surface area (Å²) in [6.45, 7) is 4.94. The van der Waals surface area contributed by atoms with Crippen LogP contribution in [0.4, 0.5) is 5.95 Å². The number of aliphatic hydroxyl groups is 1. The van der Waals surface area contributed by atoms with Crippen LogP contribution in [-0.4, -0.2) is 62.3 Å². The molecule has 0 unspecified atom stereocenters. The number of hydrogen-bond acceptors (Lipinski definition) is 6. The first kappa shape index (κ1) is 17.2. The molecule has 8 heteroatoms. The summed E-state index contributed by atoms with van der Waals surface area (Å²) in [5.74, 6) is 1.75. The third-order valence-electron chi connectivity index (χ3n) is 4.69. The van der Waals surface area contributed by atoms with Gasteiger partial charge in [0.2, 0.25) is 5.95 Å². The van der Waals surface area contributed by atoms with Gasteiger partial charge < -0.3 is 14.6 Å². The maximum Gasteiger partial charge on any atom is 0.225 e. The van der Waals surface area contributed by atoms with Crippen LogP contribution < -0.4 is 4.90 Å². The molecule has 3 aromatic rings. The van der Waals surface area contributed by atoms with Gasteiger partial charge in [-0.2, -0.15) is 0 Å². The van der Waals surface area contributed by atoms with Crippen molar-refractivity contribution in [2.75, 3.05) is 37.7 Å². The molecule has 0 atom stereocenters. The molecule has 0 saturated carbocycles. The summed E-state index contributed by atoms with van der Waals surface area (Å²) >= 11 is 6.13. The molecule has 0 amide bonds. The summed E-state index contributed by atoms with van der Waals surface area (Å²) in [6.07, 6.45) is 3.55. The van der Waals surface area contributed by atoms with Crippen molar-refractivity contribution in [2.45, 2.75) is 13.1 Å². The van der Waals surface area contributed by atoms with E-state index in [0.29, 0.717) is 11.6 Å². The number of rotatable bonds is 5. The van der Waals surface area contributed by atoms with E-state index in [0.717, 1.165) is 55.5 Å². The third-order valence-corrected chi connectivity index (χ3v) is 4.92. The Morgan fingerprint density at radius 1 is 1.08 bits per heavy atom. The zero-order valence-corrected chi connectivity index (χ0v) is 15.2. The number of imidazole rings is 1. The minimum absolute atomic E-state index is 0.0735. The second-order valence-corrected chi connectivity index (χ2v) is 6.78. The lowest BCUT2D eigenvalue weighted by Gasteiger charge is -2.34. The molecule has 1 aromatic carbocycles. The quantitative estimate of drug-likeness (QED) is 0.736. The number of nitrogens with zero attached hydrogens (tertiary/aromatic N) is 6. The Morgan fingerprint density at radius 3 is 2.58 bits per heavy atom. The normalized spacial score (nSPS) is 15.7. The van der Waals surface area contributed by atoms with Crippen LogP contribution in [0.1, 0.15) is 5.82 Å². The van der Waals surface area contributed by atoms with E-state index < -0.39 is 0 Å². The first-order valence-electron chi connectivity index (χ1n) is 8.74. The number of halogens is 1. The Bertz CT molecular complexity index is 876. The summed E-state index contributed by atoms with van der Waals surface area (Å²) in [5, 5.41) is 10.1. The van der Waals surface area contributed by atoms with E-state index in [4.69, 9.17) is 16.6 Å². The predicted octanol–water partition coefficient (Wildman–Crippen LogP) is 1.79. The van der Waals surface area contributed by atoms with Crippen molar-refractivity contribution in [3.8, 4) is 0 Å². The molecule has 1 saturated heterocycles. The summed E-state index contributed by atoms with van der Waals surface area (Å²) in [4.78, 5) is 18.0. The van der Waals surface area contributed by atoms with Crippen LogP contribution in [0.2, 0.25) is 5.02 Å². The topological polar surface area (TPSA) is 70.3 Å². The Kier molecular flexibility index (Phi) is 5.01. The molecule has 0 bridgehead atoms. The molecule has 1 N–H and O–H groups in total. The van der Waals surface area contributed by atoms with Crippen molar-refractivity contribution >= 4 is 28.6 Å². The largest absolute Gasteiger partial charge is 0.395 e. The zero-order valence-electron chi connectivity index (χ0n) is 14.4. The minimum atomic E-state index is 0.0735. The number of fused-ring (bicyclic) bond motifs is 1. The number of anilines is 1. The van der Waals surface area contributed by atoms with Gasteiger partial charge in [-0.1, -0.05) is 11.6 Å². The van der Waals surface area contributed by atoms with Crippen molar-refractivity contribution in [1.82, 2.24) is 24.4 Å². The summed E-state index contributed by atoms with van der Waals surface area (Å²) in [5.41, 5.74) is 1.88. The SMILES string of the molecule is OCCn1c(CN2CCN(c3ncccn3)CC2)nc2ccc(Cl)cc21. The van der Waals surface area contributed by atoms with E-state index in [9.17, 15) is 5.11 Å². The van der Waals surface area contributed by atoms with Crippen LogP contribution in [0.25, 0.3) is 11.0 Å². The van der Waals surface area contributed by atoms with Gasteiger partial charge in [0.15, 0.2) is 0 Å². The van der Waals surface area contributed by atoms with Gasteiger partial charge in [-0.05, 0) is 24.3 Å². The van der Waals surface area contributed by atoms with Crippen LogP contribution in [0.15, 0.2) is 36.7 Å². The van der Waals surface area contributed by atoms with Gasteiger partial charge in [0.1, 0.15) is 5.82 Å². The minimum Gasteiger partial charge on any atom is -0.395 e. The standard InChI is InChI=1S/C18H21ClN6O/c19-14-2-3-15-16(12-14)25(10-11-26)17(22-15)13-23-6-8-24(9-7-23)18-20-4-1-5-21-18/h1-5,12,26H,6-11,13H2. The Labute approximate surface area is 156 Å². The summed E-state index contributed by atoms with van der Waals surface area (Å²) < 4.78 is 2.06. The van der Waals surface area contributed by atoms with Gasteiger partial charge in [0.25, 0.3) is 0 Å². The average Bonchev–Trinajstić information content (AvgIpc) is 3.00. The average molecular weight is 373 g/mol. The molecule has 1 aliphatic heterocycles. The van der Waals surface area contributed by atoms with E-state index in [2.05, 4.69) is 24.3 Å². The summed E-state index contributed by atoms with van der Waals surface area (Å²) in [6, 6.07) is 7.52. The lowest BCUT2D eigenvalue weighted by Crippen LogP contribution is -2.46. The van der Waals surface area contributed by atoms with Crippen LogP contribution in [0.5, 0.6) is 0 Å². The van der Waals surface area contributed by atoms with Crippen molar-refractivity contribution in [3.05, 3.63) is 47.5 Å². The molecule has 26 heavy (non-hydrogen) atoms. The zero-order chi connectivity index (χ0) is 17.9. The number of aliphatic hydroxyl groups excluding tert-OH is 1. The van der Waals surface area contributed by atoms with Gasteiger partial charge in [0.05, 0.1) is 24.2 Å². The molecule has 1 aliphatic rings. The molecule has 0 radical (unpaired) electrons. The molecule has 4 rings (SSSR count). The lowest BCUT2D eigenvalue weighted by molar-refractivity contribution is 0.233. The highest BCUT2D eigenvalue weighted by Crippen LogP contribution is 2.22. The summed E-state index contributed by atoms with van der Waals surface area (Å²) in [7, 11) is 0. The fourth-order valence-corrected chi connectivity index (χ4v) is 3.54. The van der Waals surface area contributed by atoms with E-state index in [1.165, 1.54) is 0 Å². The second-order valence-electron chi connectivity index (χ2n) is 6.35. The predicted molar refractivity (Wildman–Crippen MR) is 101 cm³/mol. The molecule has 2 aromatic heterocycles. The maximum atomic E-state index is 9.44. The highest BCUT2D eigenvalue weighted by atomic mass is 35.5. The molecule has 136 valence electrons. The van der Waals surface area contributed by atoms with Crippen molar-refractivity contribution in [3.63, 3.8) is 0 Å². The van der Waals surface area contributed by atoms with Crippen LogP contribution in [0, 0.1) is 0 Å². The van der Waals surface area contributed by atoms with E-state index in [1.807, 2.05) is 24.3 Å². The van der Waals surface area contributed by atoms with Crippen molar-refractivity contribution < 1.29 is 5.11 Å². The molecule has 0 aliphatic carbocycles. The molecular formula is C18H21ClN6O. The third kappa shape index (κ3) is 3.51. The fraction of sp³-hybridized carbons (Fsp3) is 0.389. The molecule has 1 fully saturated rings. The second kappa shape index (κ2) is 7.57. The molecule has 3 heterocycles. The Morgan fingerprint density at radius 2 is 1.85 bits per heavy atom. The van der Waals surface area contributed by atoms with Crippen LogP contribution >= 0.6 is 11.6 Å². The van der Waals surface area contributed by atoms with E-state index in [1.54, 1.807) is 12.4 Å². The van der Waals surface area contributed by atoms with E-state index in [-0.39, 0.29) is 6.61 Å². The van der Waals surface area contributed by atoms with Crippen molar-refractivity contribution in [2.24, 2.45) is 0 Å². The molecule has 7 nitrogen and oxygen atoms in total. The number of piperazine rings is 1. The maximum absolute atomic E-state index is 9.44. The first-order valence-corrected chi connectivity index (χ1v) is 9.12. The van der Waals surface area contributed by atoms with Gasteiger partial charge in [-0.3, -0.25) is 4.90 Å². The number of aromatic nitrogens is 4. The highest BCUT2D eigenvalue weighted by Gasteiger charge is 2.21. The van der Waals surface area contributed by atoms with Gasteiger partial charge >= 0.3 is 0 Å².